The van der Waals surface area contributed by atoms with Crippen molar-refractivity contribution in [3.05, 3.63) is 58.9 Å². The fraction of sp³-hybridized carbons (Fsp3) is 0.500. The summed E-state index contributed by atoms with van der Waals surface area (Å²) < 4.78 is 14.6. The van der Waals surface area contributed by atoms with E-state index >= 15 is 0 Å². The van der Waals surface area contributed by atoms with E-state index in [2.05, 4.69) is 20.1 Å². The summed E-state index contributed by atoms with van der Waals surface area (Å²) in [6.07, 6.45) is 8.17. The maximum atomic E-state index is 14.6. The number of nitrogens with two attached hydrogens (primary N) is 1. The molecule has 2 aromatic carbocycles. The molecule has 0 heterocycles. The Balaban J connectivity index is 1.50. The Kier molecular flexibility index (Phi) is 7.78. The Hall–Kier alpha value is -1.36. The van der Waals surface area contributed by atoms with Gasteiger partial charge < -0.3 is 11.1 Å². The normalized spacial score (nSPS) is 20.8. The van der Waals surface area contributed by atoms with Crippen LogP contribution in [0.1, 0.15) is 51.0 Å². The number of benzene rings is 2. The lowest BCUT2D eigenvalue weighted by Gasteiger charge is -2.47. The van der Waals surface area contributed by atoms with Crippen molar-refractivity contribution in [1.82, 2.24) is 5.32 Å². The second kappa shape index (κ2) is 10.1. The largest absolute Gasteiger partial charge is 0.325 e. The molecule has 0 spiro atoms. The maximum Gasteiger partial charge on any atom is 0.131 e. The van der Waals surface area contributed by atoms with Gasteiger partial charge in [-0.25, -0.2) is 4.39 Å². The van der Waals surface area contributed by atoms with Gasteiger partial charge in [0.25, 0.3) is 0 Å². The molecule has 1 aliphatic carbocycles. The first-order valence-corrected chi connectivity index (χ1v) is 11.4. The third-order valence-electron chi connectivity index (χ3n) is 6.64. The van der Waals surface area contributed by atoms with Crippen LogP contribution in [-0.2, 0) is 6.54 Å². The summed E-state index contributed by atoms with van der Waals surface area (Å²) in [7, 11) is 2.23. The topological polar surface area (TPSA) is 38.0 Å². The van der Waals surface area contributed by atoms with E-state index in [-0.39, 0.29) is 11.4 Å². The molecule has 1 unspecified atom stereocenters. The number of unbranched alkanes of at least 4 members (excludes halogenated alkanes) is 1. The highest BCUT2D eigenvalue weighted by Gasteiger charge is 2.41. The van der Waals surface area contributed by atoms with Gasteiger partial charge in [0.05, 0.1) is 0 Å². The van der Waals surface area contributed by atoms with E-state index < -0.39 is 0 Å². The van der Waals surface area contributed by atoms with Gasteiger partial charge in [0.2, 0.25) is 0 Å². The summed E-state index contributed by atoms with van der Waals surface area (Å²) in [6.45, 7) is 2.91. The van der Waals surface area contributed by atoms with Crippen LogP contribution >= 0.6 is 11.6 Å². The van der Waals surface area contributed by atoms with E-state index in [1.807, 2.05) is 24.3 Å². The van der Waals surface area contributed by atoms with Gasteiger partial charge in [0.1, 0.15) is 13.7 Å². The molecular weight excluding hydrogens is 382 g/mol. The van der Waals surface area contributed by atoms with E-state index in [4.69, 9.17) is 17.3 Å². The molecule has 1 aliphatic rings. The molecule has 2 nitrogen and oxygen atoms in total. The van der Waals surface area contributed by atoms with Crippen LogP contribution in [0.5, 0.6) is 0 Å². The highest BCUT2D eigenvalue weighted by Crippen LogP contribution is 2.40. The summed E-state index contributed by atoms with van der Waals surface area (Å²) in [6, 6.07) is 13.2. The third-order valence-corrected chi connectivity index (χ3v) is 6.89. The predicted molar refractivity (Wildman–Crippen MR) is 125 cm³/mol. The van der Waals surface area contributed by atoms with Crippen LogP contribution in [0.2, 0.25) is 11.3 Å². The van der Waals surface area contributed by atoms with Gasteiger partial charge >= 0.3 is 0 Å². The molecule has 5 heteroatoms. The summed E-state index contributed by atoms with van der Waals surface area (Å²) in [5.41, 5.74) is 9.14. The molecule has 0 bridgehead atoms. The molecule has 156 valence electrons. The minimum atomic E-state index is -0.194. The summed E-state index contributed by atoms with van der Waals surface area (Å²) >= 11 is 5.92. The van der Waals surface area contributed by atoms with Gasteiger partial charge in [-0.2, -0.15) is 0 Å². The number of nitrogens with one attached hydrogen (secondary N) is 1. The Bertz CT molecular complexity index is 792. The number of hydrogen-bond donors (Lipinski definition) is 2. The molecular formula is C24H33BClFN2. The highest BCUT2D eigenvalue weighted by molar-refractivity contribution is 6.30. The number of halogens is 2. The molecule has 2 aromatic rings. The van der Waals surface area contributed by atoms with Crippen molar-refractivity contribution in [3.63, 3.8) is 0 Å². The zero-order valence-electron chi connectivity index (χ0n) is 17.7. The zero-order chi connectivity index (χ0) is 20.9. The van der Waals surface area contributed by atoms with Crippen LogP contribution in [0.15, 0.2) is 42.5 Å². The standard InChI is InChI=1S/C24H33BClFN2/c1-2-24(28,11-3-4-12-25)19-14-21(15-19)29-16-17-5-10-22(23(27)13-17)18-6-8-20(26)9-7-18/h5-10,13,19,21,29H,2-4,11-12,14-16,25,28H2,1H3/t19-,21+,24?. The molecule has 0 aromatic heterocycles. The van der Waals surface area contributed by atoms with Crippen LogP contribution < -0.4 is 11.1 Å². The lowest BCUT2D eigenvalue weighted by molar-refractivity contribution is 0.107. The van der Waals surface area contributed by atoms with Crippen molar-refractivity contribution in [2.45, 2.75) is 69.9 Å². The molecule has 0 radical (unpaired) electrons. The minimum Gasteiger partial charge on any atom is -0.325 e. The first-order chi connectivity index (χ1) is 13.9. The van der Waals surface area contributed by atoms with E-state index in [0.717, 1.165) is 36.8 Å². The van der Waals surface area contributed by atoms with Crippen LogP contribution in [-0.4, -0.2) is 19.4 Å². The van der Waals surface area contributed by atoms with Crippen LogP contribution in [0.4, 0.5) is 4.39 Å². The van der Waals surface area contributed by atoms with Crippen molar-refractivity contribution in [2.24, 2.45) is 11.7 Å². The Morgan fingerprint density at radius 2 is 1.90 bits per heavy atom. The first kappa shape index (κ1) is 22.3. The second-order valence-corrected chi connectivity index (χ2v) is 9.05. The smallest absolute Gasteiger partial charge is 0.131 e. The van der Waals surface area contributed by atoms with Gasteiger partial charge in [-0.05, 0) is 60.9 Å². The lowest BCUT2D eigenvalue weighted by atomic mass is 9.65. The fourth-order valence-corrected chi connectivity index (χ4v) is 4.55. The van der Waals surface area contributed by atoms with Crippen molar-refractivity contribution < 1.29 is 4.39 Å². The quantitative estimate of drug-likeness (QED) is 0.406. The molecule has 1 atom stereocenters. The van der Waals surface area contributed by atoms with E-state index in [1.54, 1.807) is 18.2 Å². The van der Waals surface area contributed by atoms with Gasteiger partial charge in [-0.15, -0.1) is 0 Å². The van der Waals surface area contributed by atoms with Gasteiger partial charge in [0, 0.05) is 28.7 Å². The summed E-state index contributed by atoms with van der Waals surface area (Å²) in [5.74, 6) is 0.409. The van der Waals surface area contributed by atoms with Gasteiger partial charge in [0.15, 0.2) is 0 Å². The van der Waals surface area contributed by atoms with Crippen molar-refractivity contribution >= 4 is 19.4 Å². The van der Waals surface area contributed by atoms with E-state index in [0.29, 0.717) is 29.1 Å². The molecule has 1 saturated carbocycles. The molecule has 3 N–H and O–H groups in total. The van der Waals surface area contributed by atoms with Gasteiger partial charge in [-0.3, -0.25) is 0 Å². The average molecular weight is 415 g/mol. The summed E-state index contributed by atoms with van der Waals surface area (Å²) in [5, 5.41) is 4.24. The van der Waals surface area contributed by atoms with Crippen LogP contribution in [0.25, 0.3) is 11.1 Å². The Labute approximate surface area is 180 Å². The monoisotopic (exact) mass is 414 g/mol. The Morgan fingerprint density at radius 3 is 2.52 bits per heavy atom. The van der Waals surface area contributed by atoms with E-state index in [9.17, 15) is 4.39 Å². The van der Waals surface area contributed by atoms with Crippen molar-refractivity contribution in [2.75, 3.05) is 0 Å². The van der Waals surface area contributed by atoms with Crippen molar-refractivity contribution in [3.8, 4) is 11.1 Å². The molecule has 3 rings (SSSR count). The molecule has 0 aliphatic heterocycles. The molecule has 0 saturated heterocycles. The third kappa shape index (κ3) is 5.62. The molecule has 0 amide bonds. The van der Waals surface area contributed by atoms with Crippen LogP contribution in [0.3, 0.4) is 0 Å². The van der Waals surface area contributed by atoms with E-state index in [1.165, 1.54) is 19.2 Å². The van der Waals surface area contributed by atoms with Crippen molar-refractivity contribution in [1.29, 1.82) is 0 Å². The number of rotatable bonds is 10. The minimum absolute atomic E-state index is 0.0142. The number of hydrogen-bond acceptors (Lipinski definition) is 2. The Morgan fingerprint density at radius 1 is 1.17 bits per heavy atom. The van der Waals surface area contributed by atoms with Crippen LogP contribution in [0, 0.1) is 11.7 Å². The average Bonchev–Trinajstić information content (AvgIpc) is 2.68. The summed E-state index contributed by atoms with van der Waals surface area (Å²) in [4.78, 5) is 0. The maximum absolute atomic E-state index is 14.6. The highest BCUT2D eigenvalue weighted by atomic mass is 35.5. The second-order valence-electron chi connectivity index (χ2n) is 8.61. The first-order valence-electron chi connectivity index (χ1n) is 11.0. The fourth-order valence-electron chi connectivity index (χ4n) is 4.42. The molecule has 1 fully saturated rings. The zero-order valence-corrected chi connectivity index (χ0v) is 18.4. The lowest BCUT2D eigenvalue weighted by Crippen LogP contribution is -2.56. The molecule has 29 heavy (non-hydrogen) atoms. The SMILES string of the molecule is BCCCCC(N)(CC)[C@H]1C[C@@H](NCc2ccc(-c3ccc(Cl)cc3)c(F)c2)C1. The van der Waals surface area contributed by atoms with Gasteiger partial charge in [-0.1, -0.05) is 62.0 Å². The predicted octanol–water partition coefficient (Wildman–Crippen LogP) is 5.34.